The molecule has 0 amide bonds. The van der Waals surface area contributed by atoms with Crippen LogP contribution in [0, 0.1) is 6.92 Å². The van der Waals surface area contributed by atoms with Gasteiger partial charge in [0.15, 0.2) is 5.76 Å². The number of benzene rings is 2. The normalized spacial score (nSPS) is 11.3. The van der Waals surface area contributed by atoms with Crippen molar-refractivity contribution in [3.05, 3.63) is 66.2 Å². The van der Waals surface area contributed by atoms with E-state index in [4.69, 9.17) is 23.4 Å². The Balaban J connectivity index is 1.30. The SMILES string of the molecule is COc1cc(OCc2cccc(-c3cnc(C)nc3OC)c2)c2cc(-c3cn4nc(OC)sc4n3)oc2c1. The van der Waals surface area contributed by atoms with Crippen molar-refractivity contribution in [2.45, 2.75) is 13.5 Å². The Bertz CT molecular complexity index is 1740. The molecule has 0 radical (unpaired) electrons. The van der Waals surface area contributed by atoms with Gasteiger partial charge in [-0.3, -0.25) is 0 Å². The van der Waals surface area contributed by atoms with Crippen molar-refractivity contribution < 1.29 is 23.4 Å². The number of furan rings is 1. The third-order valence-corrected chi connectivity index (χ3v) is 6.84. The Morgan fingerprint density at radius 2 is 1.89 bits per heavy atom. The van der Waals surface area contributed by atoms with E-state index >= 15 is 0 Å². The molecule has 0 spiro atoms. The highest BCUT2D eigenvalue weighted by Gasteiger charge is 2.17. The molecule has 2 aromatic carbocycles. The van der Waals surface area contributed by atoms with Gasteiger partial charge in [0.05, 0.1) is 38.5 Å². The lowest BCUT2D eigenvalue weighted by Crippen LogP contribution is -1.98. The zero-order chi connectivity index (χ0) is 26.2. The van der Waals surface area contributed by atoms with Gasteiger partial charge in [0.25, 0.3) is 5.19 Å². The smallest absolute Gasteiger partial charge is 0.294 e. The maximum atomic E-state index is 6.28. The van der Waals surface area contributed by atoms with Gasteiger partial charge in [-0.1, -0.05) is 18.2 Å². The maximum absolute atomic E-state index is 6.28. The van der Waals surface area contributed by atoms with E-state index in [1.165, 1.54) is 11.3 Å². The van der Waals surface area contributed by atoms with Gasteiger partial charge in [-0.15, -0.1) is 5.10 Å². The van der Waals surface area contributed by atoms with Gasteiger partial charge in [0.2, 0.25) is 10.8 Å². The summed E-state index contributed by atoms with van der Waals surface area (Å²) in [6.07, 6.45) is 3.57. The van der Waals surface area contributed by atoms with Crippen LogP contribution in [0.5, 0.6) is 22.6 Å². The van der Waals surface area contributed by atoms with Crippen molar-refractivity contribution in [2.75, 3.05) is 21.3 Å². The lowest BCUT2D eigenvalue weighted by molar-refractivity contribution is 0.307. The summed E-state index contributed by atoms with van der Waals surface area (Å²) in [7, 11) is 4.79. The zero-order valence-electron chi connectivity index (χ0n) is 21.1. The Morgan fingerprint density at radius 3 is 2.68 bits per heavy atom. The number of aromatic nitrogens is 5. The lowest BCUT2D eigenvalue weighted by atomic mass is 10.1. The van der Waals surface area contributed by atoms with Gasteiger partial charge in [-0.05, 0) is 41.5 Å². The van der Waals surface area contributed by atoms with Crippen molar-refractivity contribution in [3.8, 4) is 45.2 Å². The fourth-order valence-corrected chi connectivity index (χ4v) is 4.82. The molecule has 6 aromatic rings. The molecular weight excluding hydrogens is 506 g/mol. The third-order valence-electron chi connectivity index (χ3n) is 5.96. The molecule has 0 N–H and O–H groups in total. The molecule has 192 valence electrons. The quantitative estimate of drug-likeness (QED) is 0.250. The Labute approximate surface area is 221 Å². The van der Waals surface area contributed by atoms with Crippen LogP contribution in [-0.2, 0) is 6.61 Å². The first-order valence-electron chi connectivity index (χ1n) is 11.7. The molecule has 11 heteroatoms. The van der Waals surface area contributed by atoms with Crippen LogP contribution in [0.2, 0.25) is 0 Å². The van der Waals surface area contributed by atoms with Crippen LogP contribution in [0.4, 0.5) is 0 Å². The molecule has 10 nitrogen and oxygen atoms in total. The second kappa shape index (κ2) is 9.67. The van der Waals surface area contributed by atoms with E-state index < -0.39 is 0 Å². The van der Waals surface area contributed by atoms with Crippen LogP contribution >= 0.6 is 11.3 Å². The van der Waals surface area contributed by atoms with Gasteiger partial charge >= 0.3 is 0 Å². The molecule has 0 saturated heterocycles. The Kier molecular flexibility index (Phi) is 6.04. The molecule has 0 unspecified atom stereocenters. The Morgan fingerprint density at radius 1 is 1.00 bits per heavy atom. The molecule has 4 heterocycles. The first-order chi connectivity index (χ1) is 18.5. The minimum absolute atomic E-state index is 0.329. The number of hydrogen-bond acceptors (Lipinski definition) is 10. The number of ether oxygens (including phenoxy) is 4. The highest BCUT2D eigenvalue weighted by molar-refractivity contribution is 7.18. The first-order valence-corrected chi connectivity index (χ1v) is 12.5. The number of rotatable bonds is 8. The number of methoxy groups -OCH3 is 3. The summed E-state index contributed by atoms with van der Waals surface area (Å²) in [5.41, 5.74) is 4.02. The fraction of sp³-hybridized carbons (Fsp3) is 0.185. The topological polar surface area (TPSA) is 106 Å². The molecule has 0 aliphatic carbocycles. The van der Waals surface area contributed by atoms with E-state index in [1.807, 2.05) is 49.4 Å². The number of imidazole rings is 1. The second-order valence-electron chi connectivity index (χ2n) is 8.40. The minimum Gasteiger partial charge on any atom is -0.496 e. The van der Waals surface area contributed by atoms with Crippen LogP contribution in [0.25, 0.3) is 38.5 Å². The summed E-state index contributed by atoms with van der Waals surface area (Å²) in [5.74, 6) is 3.04. The predicted molar refractivity (Wildman–Crippen MR) is 142 cm³/mol. The van der Waals surface area contributed by atoms with Crippen molar-refractivity contribution >= 4 is 27.3 Å². The van der Waals surface area contributed by atoms with Crippen molar-refractivity contribution in [3.63, 3.8) is 0 Å². The van der Waals surface area contributed by atoms with Crippen LogP contribution in [0.1, 0.15) is 11.4 Å². The van der Waals surface area contributed by atoms with Crippen LogP contribution in [0.15, 0.2) is 59.3 Å². The molecule has 0 aliphatic heterocycles. The minimum atomic E-state index is 0.329. The number of hydrogen-bond donors (Lipinski definition) is 0. The summed E-state index contributed by atoms with van der Waals surface area (Å²) >= 11 is 1.35. The highest BCUT2D eigenvalue weighted by atomic mass is 32.1. The van der Waals surface area contributed by atoms with Gasteiger partial charge in [0.1, 0.15) is 35.2 Å². The number of aryl methyl sites for hydroxylation is 1. The molecule has 0 fully saturated rings. The molecular formula is C27H23N5O5S. The summed E-state index contributed by atoms with van der Waals surface area (Å²) < 4.78 is 30.2. The average molecular weight is 530 g/mol. The summed E-state index contributed by atoms with van der Waals surface area (Å²) in [6.45, 7) is 2.16. The van der Waals surface area contributed by atoms with E-state index in [1.54, 1.807) is 38.2 Å². The van der Waals surface area contributed by atoms with Gasteiger partial charge < -0.3 is 23.4 Å². The van der Waals surface area contributed by atoms with Gasteiger partial charge in [0, 0.05) is 18.3 Å². The largest absolute Gasteiger partial charge is 0.496 e. The standard InChI is InChI=1S/C27H23N5O5S/c1-15-28-12-20(25(29-15)34-3)17-7-5-6-16(8-17)14-36-22-9-18(33-2)10-23-19(22)11-24(37-23)21-13-32-26(30-21)38-27(31-32)35-4/h5-13H,14H2,1-4H3. The van der Waals surface area contributed by atoms with Crippen molar-refractivity contribution in [1.29, 1.82) is 0 Å². The lowest BCUT2D eigenvalue weighted by Gasteiger charge is -2.11. The maximum Gasteiger partial charge on any atom is 0.294 e. The van der Waals surface area contributed by atoms with Crippen LogP contribution < -0.4 is 18.9 Å². The van der Waals surface area contributed by atoms with E-state index in [-0.39, 0.29) is 0 Å². The van der Waals surface area contributed by atoms with Crippen molar-refractivity contribution in [1.82, 2.24) is 24.6 Å². The molecule has 0 aliphatic rings. The van der Waals surface area contributed by atoms with Gasteiger partial charge in [-0.2, -0.15) is 4.98 Å². The van der Waals surface area contributed by atoms with E-state index in [0.717, 1.165) is 22.1 Å². The third kappa shape index (κ3) is 4.37. The summed E-state index contributed by atoms with van der Waals surface area (Å²) in [5, 5.41) is 5.69. The zero-order valence-corrected chi connectivity index (χ0v) is 21.9. The fourth-order valence-electron chi connectivity index (χ4n) is 4.12. The molecule has 0 saturated carbocycles. The second-order valence-corrected chi connectivity index (χ2v) is 9.32. The first kappa shape index (κ1) is 23.7. The number of nitrogens with zero attached hydrogens (tertiary/aromatic N) is 5. The summed E-state index contributed by atoms with van der Waals surface area (Å²) in [6, 6.07) is 13.6. The predicted octanol–water partition coefficient (Wildman–Crippen LogP) is 5.57. The Hall–Kier alpha value is -4.64. The van der Waals surface area contributed by atoms with E-state index in [2.05, 4.69) is 20.1 Å². The van der Waals surface area contributed by atoms with E-state index in [0.29, 0.717) is 57.0 Å². The molecule has 4 aromatic heterocycles. The molecule has 38 heavy (non-hydrogen) atoms. The highest BCUT2D eigenvalue weighted by Crippen LogP contribution is 2.38. The summed E-state index contributed by atoms with van der Waals surface area (Å²) in [4.78, 5) is 14.0. The average Bonchev–Trinajstić information content (AvgIpc) is 3.64. The molecule has 0 atom stereocenters. The number of fused-ring (bicyclic) bond motifs is 2. The van der Waals surface area contributed by atoms with E-state index in [9.17, 15) is 0 Å². The molecule has 0 bridgehead atoms. The molecule has 6 rings (SSSR count). The van der Waals surface area contributed by atoms with Gasteiger partial charge in [-0.25, -0.2) is 14.5 Å². The van der Waals surface area contributed by atoms with Crippen LogP contribution in [-0.4, -0.2) is 45.9 Å². The van der Waals surface area contributed by atoms with Crippen LogP contribution in [0.3, 0.4) is 0 Å². The van der Waals surface area contributed by atoms with Crippen molar-refractivity contribution in [2.24, 2.45) is 0 Å². The monoisotopic (exact) mass is 529 g/mol.